The summed E-state index contributed by atoms with van der Waals surface area (Å²) in [5.41, 5.74) is 0.0995. The summed E-state index contributed by atoms with van der Waals surface area (Å²) in [4.78, 5) is 26.1. The van der Waals surface area contributed by atoms with Crippen LogP contribution in [-0.4, -0.2) is 62.8 Å². The molecule has 1 saturated heterocycles. The van der Waals surface area contributed by atoms with E-state index in [4.69, 9.17) is 4.74 Å². The van der Waals surface area contributed by atoms with Crippen LogP contribution >= 0.6 is 0 Å². The summed E-state index contributed by atoms with van der Waals surface area (Å²) in [6.07, 6.45) is 3.00. The highest BCUT2D eigenvalue weighted by Gasteiger charge is 2.24. The summed E-state index contributed by atoms with van der Waals surface area (Å²) in [5, 5.41) is 0. The molecule has 0 N–H and O–H groups in total. The van der Waals surface area contributed by atoms with E-state index in [9.17, 15) is 18.0 Å². The van der Waals surface area contributed by atoms with E-state index in [2.05, 4.69) is 0 Å². The van der Waals surface area contributed by atoms with E-state index < -0.39 is 16.0 Å². The number of piperidine rings is 1. The molecule has 0 spiro atoms. The van der Waals surface area contributed by atoms with E-state index in [1.165, 1.54) is 38.4 Å². The summed E-state index contributed by atoms with van der Waals surface area (Å²) in [6.45, 7) is 2.32. The van der Waals surface area contributed by atoms with Crippen LogP contribution in [0.1, 0.15) is 36.5 Å². The molecule has 1 aliphatic rings. The van der Waals surface area contributed by atoms with Gasteiger partial charge in [0.1, 0.15) is 0 Å². The van der Waals surface area contributed by atoms with Crippen molar-refractivity contribution in [2.45, 2.75) is 37.1 Å². The summed E-state index contributed by atoms with van der Waals surface area (Å²) < 4.78 is 30.4. The van der Waals surface area contributed by atoms with E-state index in [1.807, 2.05) is 6.92 Å². The highest BCUT2D eigenvalue weighted by molar-refractivity contribution is 7.89. The second kappa shape index (κ2) is 7.97. The Morgan fingerprint density at radius 3 is 2.64 bits per heavy atom. The quantitative estimate of drug-likeness (QED) is 0.736. The number of rotatable bonds is 5. The molecule has 7 nitrogen and oxygen atoms in total. The Kier molecular flexibility index (Phi) is 6.18. The smallest absolute Gasteiger partial charge is 0.338 e. The lowest BCUT2D eigenvalue weighted by Gasteiger charge is -2.33. The van der Waals surface area contributed by atoms with Crippen LogP contribution in [0.15, 0.2) is 29.2 Å². The van der Waals surface area contributed by atoms with Crippen molar-refractivity contribution in [2.75, 3.05) is 27.2 Å². The third-order valence-electron chi connectivity index (χ3n) is 4.30. The van der Waals surface area contributed by atoms with Gasteiger partial charge < -0.3 is 9.64 Å². The highest BCUT2D eigenvalue weighted by Crippen LogP contribution is 2.17. The van der Waals surface area contributed by atoms with E-state index >= 15 is 0 Å². The third-order valence-corrected chi connectivity index (χ3v) is 6.11. The van der Waals surface area contributed by atoms with Gasteiger partial charge in [-0.2, -0.15) is 0 Å². The van der Waals surface area contributed by atoms with Crippen LogP contribution < -0.4 is 0 Å². The van der Waals surface area contributed by atoms with Gasteiger partial charge in [-0.05, 0) is 44.4 Å². The Morgan fingerprint density at radius 2 is 2.00 bits per heavy atom. The van der Waals surface area contributed by atoms with Crippen molar-refractivity contribution in [3.63, 3.8) is 0 Å². The average Bonchev–Trinajstić information content (AvgIpc) is 2.59. The Balaban J connectivity index is 2.03. The van der Waals surface area contributed by atoms with Gasteiger partial charge in [0.15, 0.2) is 6.61 Å². The molecule has 1 aromatic carbocycles. The van der Waals surface area contributed by atoms with Gasteiger partial charge in [-0.15, -0.1) is 0 Å². The molecule has 138 valence electrons. The number of nitrogens with zero attached hydrogens (tertiary/aromatic N) is 2. The number of benzene rings is 1. The highest BCUT2D eigenvalue weighted by atomic mass is 32.2. The largest absolute Gasteiger partial charge is 0.452 e. The summed E-state index contributed by atoms with van der Waals surface area (Å²) in [6, 6.07) is 5.75. The van der Waals surface area contributed by atoms with Gasteiger partial charge in [0.2, 0.25) is 10.0 Å². The number of esters is 1. The van der Waals surface area contributed by atoms with Crippen molar-refractivity contribution in [1.29, 1.82) is 0 Å². The first kappa shape index (κ1) is 19.4. The van der Waals surface area contributed by atoms with Gasteiger partial charge in [0, 0.05) is 26.7 Å². The van der Waals surface area contributed by atoms with Crippen LogP contribution in [0, 0.1) is 0 Å². The van der Waals surface area contributed by atoms with Crippen molar-refractivity contribution in [3.8, 4) is 0 Å². The predicted molar refractivity (Wildman–Crippen MR) is 92.6 cm³/mol. The molecule has 8 heteroatoms. The minimum Gasteiger partial charge on any atom is -0.452 e. The van der Waals surface area contributed by atoms with Gasteiger partial charge in [-0.3, -0.25) is 4.79 Å². The van der Waals surface area contributed by atoms with Gasteiger partial charge in [-0.25, -0.2) is 17.5 Å². The topological polar surface area (TPSA) is 84.0 Å². The molecule has 1 fully saturated rings. The molecule has 0 bridgehead atoms. The Labute approximate surface area is 148 Å². The fraction of sp³-hybridized carbons (Fsp3) is 0.529. The second-order valence-corrected chi connectivity index (χ2v) is 8.48. The number of likely N-dealkylation sites (tertiary alicyclic amines) is 1. The van der Waals surface area contributed by atoms with Gasteiger partial charge in [-0.1, -0.05) is 6.07 Å². The van der Waals surface area contributed by atoms with Crippen LogP contribution in [0.4, 0.5) is 0 Å². The molecule has 1 heterocycles. The number of carbonyl (C=O) groups excluding carboxylic acids is 2. The summed E-state index contributed by atoms with van der Waals surface area (Å²) in [7, 11) is -0.807. The number of sulfonamides is 1. The van der Waals surface area contributed by atoms with E-state index in [0.717, 1.165) is 23.6 Å². The predicted octanol–water partition coefficient (Wildman–Crippen LogP) is 1.49. The van der Waals surface area contributed by atoms with Crippen LogP contribution in [0.25, 0.3) is 0 Å². The zero-order valence-electron chi connectivity index (χ0n) is 14.8. The lowest BCUT2D eigenvalue weighted by Crippen LogP contribution is -2.44. The second-order valence-electron chi connectivity index (χ2n) is 6.32. The molecule has 0 aliphatic carbocycles. The zero-order chi connectivity index (χ0) is 18.6. The SMILES string of the molecule is C[C@H]1CCCCN1C(=O)COC(=O)c1cccc(S(=O)(=O)N(C)C)c1. The molecule has 0 unspecified atom stereocenters. The van der Waals surface area contributed by atoms with Gasteiger partial charge in [0.25, 0.3) is 5.91 Å². The number of amides is 1. The lowest BCUT2D eigenvalue weighted by molar-refractivity contribution is -0.137. The molecular formula is C17H24N2O5S. The Hall–Kier alpha value is -1.93. The van der Waals surface area contributed by atoms with Crippen LogP contribution in [0.5, 0.6) is 0 Å². The van der Waals surface area contributed by atoms with Crippen LogP contribution in [0.3, 0.4) is 0 Å². The fourth-order valence-electron chi connectivity index (χ4n) is 2.76. The Bertz CT molecular complexity index is 745. The average molecular weight is 368 g/mol. The minimum atomic E-state index is -3.64. The third kappa shape index (κ3) is 4.58. The maximum absolute atomic E-state index is 12.2. The zero-order valence-corrected chi connectivity index (χ0v) is 15.6. The first-order valence-corrected chi connectivity index (χ1v) is 9.66. The normalized spacial score (nSPS) is 18.2. The van der Waals surface area contributed by atoms with Gasteiger partial charge in [0.05, 0.1) is 10.5 Å². The number of hydrogen-bond acceptors (Lipinski definition) is 5. The van der Waals surface area contributed by atoms with Crippen molar-refractivity contribution < 1.29 is 22.7 Å². The maximum Gasteiger partial charge on any atom is 0.338 e. The number of ether oxygens (including phenoxy) is 1. The molecule has 0 radical (unpaired) electrons. The molecule has 25 heavy (non-hydrogen) atoms. The first-order valence-electron chi connectivity index (χ1n) is 8.22. The van der Waals surface area contributed by atoms with Crippen molar-refractivity contribution in [2.24, 2.45) is 0 Å². The molecule has 1 atom stereocenters. The van der Waals surface area contributed by atoms with Crippen LogP contribution in [0.2, 0.25) is 0 Å². The van der Waals surface area contributed by atoms with Gasteiger partial charge >= 0.3 is 5.97 Å². The first-order chi connectivity index (χ1) is 11.7. The standard InChI is InChI=1S/C17H24N2O5S/c1-13-7-4-5-10-19(13)16(20)12-24-17(21)14-8-6-9-15(11-14)25(22,23)18(2)3/h6,8-9,11,13H,4-5,7,10,12H2,1-3H3/t13-/m0/s1. The molecule has 1 aromatic rings. The lowest BCUT2D eigenvalue weighted by atomic mass is 10.0. The monoisotopic (exact) mass is 368 g/mol. The van der Waals surface area contributed by atoms with Crippen molar-refractivity contribution in [1.82, 2.24) is 9.21 Å². The van der Waals surface area contributed by atoms with Crippen molar-refractivity contribution in [3.05, 3.63) is 29.8 Å². The minimum absolute atomic E-state index is 0.00271. The molecular weight excluding hydrogens is 344 g/mol. The molecule has 1 amide bonds. The van der Waals surface area contributed by atoms with E-state index in [0.29, 0.717) is 6.54 Å². The molecule has 0 saturated carbocycles. The van der Waals surface area contributed by atoms with Crippen LogP contribution in [-0.2, 0) is 19.6 Å². The summed E-state index contributed by atoms with van der Waals surface area (Å²) in [5.74, 6) is -0.938. The Morgan fingerprint density at radius 1 is 1.28 bits per heavy atom. The molecule has 0 aromatic heterocycles. The van der Waals surface area contributed by atoms with E-state index in [-0.39, 0.29) is 29.0 Å². The molecule has 2 rings (SSSR count). The summed E-state index contributed by atoms with van der Waals surface area (Å²) >= 11 is 0. The number of carbonyl (C=O) groups is 2. The maximum atomic E-state index is 12.2. The number of hydrogen-bond donors (Lipinski definition) is 0. The van der Waals surface area contributed by atoms with Crippen molar-refractivity contribution >= 4 is 21.9 Å². The fourth-order valence-corrected chi connectivity index (χ4v) is 3.70. The molecule has 1 aliphatic heterocycles. The van der Waals surface area contributed by atoms with E-state index in [1.54, 1.807) is 4.90 Å².